The molecule has 4 aromatic rings. The summed E-state index contributed by atoms with van der Waals surface area (Å²) in [6.07, 6.45) is 1.64. The van der Waals surface area contributed by atoms with Crippen molar-refractivity contribution in [3.63, 3.8) is 0 Å². The number of amidine groups is 1. The number of fused-ring (bicyclic) bond motifs is 1. The molecule has 0 unspecified atom stereocenters. The van der Waals surface area contributed by atoms with Crippen LogP contribution < -0.4 is 5.73 Å². The summed E-state index contributed by atoms with van der Waals surface area (Å²) in [5, 5.41) is 27.4. The zero-order valence-electron chi connectivity index (χ0n) is 15.0. The van der Waals surface area contributed by atoms with Crippen molar-refractivity contribution in [2.45, 2.75) is 13.8 Å². The first-order valence-corrected chi connectivity index (χ1v) is 8.71. The molecule has 0 saturated carbocycles. The molecule has 4 N–H and O–H groups in total. The first kappa shape index (κ1) is 17.9. The Kier molecular flexibility index (Phi) is 4.20. The number of pyridine rings is 1. The van der Waals surface area contributed by atoms with E-state index in [-0.39, 0.29) is 11.6 Å². The van der Waals surface area contributed by atoms with E-state index < -0.39 is 0 Å². The highest BCUT2D eigenvalue weighted by Gasteiger charge is 2.28. The average molecular weight is 398 g/mol. The van der Waals surface area contributed by atoms with Crippen molar-refractivity contribution in [1.29, 1.82) is 0 Å². The summed E-state index contributed by atoms with van der Waals surface area (Å²) in [5.41, 5.74) is 9.53. The van der Waals surface area contributed by atoms with Crippen LogP contribution >= 0.6 is 11.6 Å². The molecule has 0 saturated heterocycles. The molecule has 0 aliphatic heterocycles. The lowest BCUT2D eigenvalue weighted by Gasteiger charge is -2.13. The number of phenols is 1. The highest BCUT2D eigenvalue weighted by Crippen LogP contribution is 2.40. The molecule has 0 spiro atoms. The third-order valence-electron chi connectivity index (χ3n) is 4.53. The van der Waals surface area contributed by atoms with E-state index in [1.165, 1.54) is 12.1 Å². The quantitative estimate of drug-likeness (QED) is 0.209. The first-order chi connectivity index (χ1) is 13.4. The Bertz CT molecular complexity index is 1220. The van der Waals surface area contributed by atoms with Crippen molar-refractivity contribution in [3.05, 3.63) is 58.6 Å². The van der Waals surface area contributed by atoms with E-state index in [4.69, 9.17) is 21.9 Å². The number of hydrogen-bond donors (Lipinski definition) is 3. The standard InChI is InChI=1S/C19H16ClN5O3/c1-9-15(10(2)28-24-9)17-16(18(21)23-27)12-4-3-7-22-19(12)25(17)14-6-5-11(26)8-13(14)20/h3-8,26-27H,1-2H3,(H2,21,23). The van der Waals surface area contributed by atoms with Crippen LogP contribution in [0.4, 0.5) is 0 Å². The molecule has 0 atom stereocenters. The number of benzene rings is 1. The molecule has 1 aromatic carbocycles. The Labute approximate surface area is 164 Å². The number of phenolic OH excluding ortho intramolecular Hbond substituents is 1. The molecule has 3 heterocycles. The van der Waals surface area contributed by atoms with Gasteiger partial charge in [0, 0.05) is 17.6 Å². The Morgan fingerprint density at radius 3 is 2.71 bits per heavy atom. The van der Waals surface area contributed by atoms with Crippen molar-refractivity contribution >= 4 is 28.5 Å². The lowest BCUT2D eigenvalue weighted by atomic mass is 10.0. The Morgan fingerprint density at radius 2 is 2.07 bits per heavy atom. The molecule has 28 heavy (non-hydrogen) atoms. The minimum Gasteiger partial charge on any atom is -0.508 e. The fourth-order valence-electron chi connectivity index (χ4n) is 3.39. The van der Waals surface area contributed by atoms with Crippen LogP contribution in [-0.2, 0) is 0 Å². The van der Waals surface area contributed by atoms with E-state index in [2.05, 4.69) is 15.3 Å². The number of rotatable bonds is 3. The van der Waals surface area contributed by atoms with Gasteiger partial charge in [-0.2, -0.15) is 0 Å². The lowest BCUT2D eigenvalue weighted by molar-refractivity contribution is 0.318. The number of aryl methyl sites for hydroxylation is 2. The average Bonchev–Trinajstić information content (AvgIpc) is 3.18. The van der Waals surface area contributed by atoms with Crippen LogP contribution in [0.25, 0.3) is 28.0 Å². The van der Waals surface area contributed by atoms with E-state index in [0.717, 1.165) is 0 Å². The van der Waals surface area contributed by atoms with Crippen LogP contribution in [0.1, 0.15) is 17.0 Å². The smallest absolute Gasteiger partial charge is 0.172 e. The molecule has 0 fully saturated rings. The number of nitrogens with two attached hydrogens (primary N) is 1. The van der Waals surface area contributed by atoms with Crippen molar-refractivity contribution in [3.8, 4) is 22.7 Å². The summed E-state index contributed by atoms with van der Waals surface area (Å²) < 4.78 is 7.14. The highest BCUT2D eigenvalue weighted by molar-refractivity contribution is 6.32. The Balaban J connectivity index is 2.25. The van der Waals surface area contributed by atoms with Gasteiger partial charge in [-0.3, -0.25) is 4.57 Å². The van der Waals surface area contributed by atoms with E-state index in [9.17, 15) is 10.3 Å². The first-order valence-electron chi connectivity index (χ1n) is 8.33. The van der Waals surface area contributed by atoms with Crippen molar-refractivity contribution in [1.82, 2.24) is 14.7 Å². The Morgan fingerprint density at radius 1 is 1.29 bits per heavy atom. The van der Waals surface area contributed by atoms with Gasteiger partial charge in [0.1, 0.15) is 17.2 Å². The third-order valence-corrected chi connectivity index (χ3v) is 4.84. The van der Waals surface area contributed by atoms with Gasteiger partial charge in [-0.1, -0.05) is 21.9 Å². The van der Waals surface area contributed by atoms with Gasteiger partial charge in [-0.05, 0) is 38.1 Å². The molecule has 0 amide bonds. The van der Waals surface area contributed by atoms with Crippen LogP contribution in [-0.4, -0.2) is 30.9 Å². The molecular formula is C19H16ClN5O3. The monoisotopic (exact) mass is 397 g/mol. The summed E-state index contributed by atoms with van der Waals surface area (Å²) in [7, 11) is 0. The van der Waals surface area contributed by atoms with Gasteiger partial charge in [0.05, 0.1) is 33.2 Å². The van der Waals surface area contributed by atoms with Crippen LogP contribution in [0.2, 0.25) is 5.02 Å². The molecule has 0 aliphatic carbocycles. The summed E-state index contributed by atoms with van der Waals surface area (Å²) in [6, 6.07) is 8.21. The molecular weight excluding hydrogens is 382 g/mol. The minimum atomic E-state index is -0.0818. The van der Waals surface area contributed by atoms with Gasteiger partial charge in [0.15, 0.2) is 5.84 Å². The van der Waals surface area contributed by atoms with E-state index >= 15 is 0 Å². The second-order valence-electron chi connectivity index (χ2n) is 6.25. The number of hydrogen-bond acceptors (Lipinski definition) is 6. The number of aromatic hydroxyl groups is 1. The maximum Gasteiger partial charge on any atom is 0.172 e. The van der Waals surface area contributed by atoms with Crippen LogP contribution in [0.3, 0.4) is 0 Å². The van der Waals surface area contributed by atoms with E-state index in [0.29, 0.717) is 50.0 Å². The van der Waals surface area contributed by atoms with Crippen LogP contribution in [0, 0.1) is 13.8 Å². The van der Waals surface area contributed by atoms with Crippen molar-refractivity contribution < 1.29 is 14.8 Å². The zero-order valence-corrected chi connectivity index (χ0v) is 15.8. The third kappa shape index (κ3) is 2.57. The molecule has 0 radical (unpaired) electrons. The van der Waals surface area contributed by atoms with Gasteiger partial charge in [-0.15, -0.1) is 0 Å². The second kappa shape index (κ2) is 6.58. The largest absolute Gasteiger partial charge is 0.508 e. The SMILES string of the molecule is Cc1noc(C)c1-c1c(C(N)=NO)c2cccnc2n1-c1ccc(O)cc1Cl. The maximum absolute atomic E-state index is 9.76. The highest BCUT2D eigenvalue weighted by atomic mass is 35.5. The zero-order chi connectivity index (χ0) is 20.0. The predicted molar refractivity (Wildman–Crippen MR) is 105 cm³/mol. The van der Waals surface area contributed by atoms with Gasteiger partial charge in [0.2, 0.25) is 0 Å². The lowest BCUT2D eigenvalue weighted by Crippen LogP contribution is -2.14. The van der Waals surface area contributed by atoms with E-state index in [1.54, 1.807) is 36.7 Å². The minimum absolute atomic E-state index is 0.0358. The molecule has 0 aliphatic rings. The fourth-order valence-corrected chi connectivity index (χ4v) is 3.65. The maximum atomic E-state index is 9.76. The summed E-state index contributed by atoms with van der Waals surface area (Å²) in [4.78, 5) is 4.49. The fraction of sp³-hybridized carbons (Fsp3) is 0.105. The summed E-state index contributed by atoms with van der Waals surface area (Å²) >= 11 is 6.44. The van der Waals surface area contributed by atoms with Crippen molar-refractivity contribution in [2.75, 3.05) is 0 Å². The normalized spacial score (nSPS) is 12.0. The number of oxime groups is 1. The van der Waals surface area contributed by atoms with Crippen LogP contribution in [0.5, 0.6) is 5.75 Å². The van der Waals surface area contributed by atoms with Crippen molar-refractivity contribution in [2.24, 2.45) is 10.9 Å². The molecule has 4 rings (SSSR count). The molecule has 3 aromatic heterocycles. The predicted octanol–water partition coefficient (Wildman–Crippen LogP) is 3.75. The molecule has 142 valence electrons. The van der Waals surface area contributed by atoms with Gasteiger partial charge in [-0.25, -0.2) is 4.98 Å². The summed E-state index contributed by atoms with van der Waals surface area (Å²) in [5.74, 6) is 0.513. The van der Waals surface area contributed by atoms with Gasteiger partial charge in [0.25, 0.3) is 0 Å². The van der Waals surface area contributed by atoms with Crippen LogP contribution in [0.15, 0.2) is 46.2 Å². The number of halogens is 1. The topological polar surface area (TPSA) is 123 Å². The molecule has 9 heteroatoms. The molecule has 8 nitrogen and oxygen atoms in total. The Hall–Kier alpha value is -3.52. The van der Waals surface area contributed by atoms with E-state index in [1.807, 2.05) is 6.07 Å². The second-order valence-corrected chi connectivity index (χ2v) is 6.66. The number of aromatic nitrogens is 3. The van der Waals surface area contributed by atoms with Gasteiger partial charge >= 0.3 is 0 Å². The summed E-state index contributed by atoms with van der Waals surface area (Å²) in [6.45, 7) is 3.58. The molecule has 0 bridgehead atoms. The number of nitrogens with zero attached hydrogens (tertiary/aromatic N) is 4. The van der Waals surface area contributed by atoms with Gasteiger partial charge < -0.3 is 20.6 Å².